The Balaban J connectivity index is 1.87. The molecular formula is C23H30N2O3. The molecule has 1 fully saturated rings. The van der Waals surface area contributed by atoms with E-state index in [1.54, 1.807) is 4.90 Å². The molecule has 5 heteroatoms. The number of ether oxygens (including phenoxy) is 1. The molecule has 0 spiro atoms. The Morgan fingerprint density at radius 1 is 1.14 bits per heavy atom. The number of hydrogen-bond donors (Lipinski definition) is 1. The number of hydroxylamine groups is 2. The van der Waals surface area contributed by atoms with Gasteiger partial charge in [-0.1, -0.05) is 60.7 Å². The topological polar surface area (TPSA) is 53.0 Å². The Morgan fingerprint density at radius 2 is 1.75 bits per heavy atom. The second-order valence-corrected chi connectivity index (χ2v) is 8.32. The molecule has 2 aromatic carbocycles. The summed E-state index contributed by atoms with van der Waals surface area (Å²) in [6.45, 7) is 6.65. The van der Waals surface area contributed by atoms with Gasteiger partial charge >= 0.3 is 6.09 Å². The van der Waals surface area contributed by atoms with Gasteiger partial charge in [-0.2, -0.15) is 5.06 Å². The van der Waals surface area contributed by atoms with E-state index in [4.69, 9.17) is 4.74 Å². The van der Waals surface area contributed by atoms with E-state index >= 15 is 0 Å². The first-order valence-electron chi connectivity index (χ1n) is 9.89. The number of rotatable bonds is 5. The Labute approximate surface area is 167 Å². The van der Waals surface area contributed by atoms with Gasteiger partial charge in [0.25, 0.3) is 0 Å². The van der Waals surface area contributed by atoms with Gasteiger partial charge in [-0.25, -0.2) is 4.79 Å². The third-order valence-electron chi connectivity index (χ3n) is 4.94. The molecule has 0 saturated carbocycles. The second kappa shape index (κ2) is 8.76. The average Bonchev–Trinajstić information content (AvgIpc) is 3.12. The molecule has 2 atom stereocenters. The fourth-order valence-corrected chi connectivity index (χ4v) is 3.78. The van der Waals surface area contributed by atoms with Crippen LogP contribution in [0, 0.1) is 0 Å². The van der Waals surface area contributed by atoms with Crippen LogP contribution in [0.2, 0.25) is 0 Å². The fraction of sp³-hybridized carbons (Fsp3) is 0.435. The van der Waals surface area contributed by atoms with Gasteiger partial charge in [0.2, 0.25) is 0 Å². The molecule has 1 aliphatic rings. The zero-order valence-corrected chi connectivity index (χ0v) is 16.9. The largest absolute Gasteiger partial charge is 0.444 e. The minimum atomic E-state index is -0.546. The van der Waals surface area contributed by atoms with E-state index in [1.165, 1.54) is 5.06 Å². The Kier molecular flexibility index (Phi) is 6.37. The standard InChI is InChI=1S/C23H30N2O3/c1-23(2,3)28-22(26)24-16-10-15-20(24)21(19-13-8-5-9-14-19)25(27)17-18-11-6-4-7-12-18/h4-9,11-14,20-21,27H,10,15-17H2,1-3H3/t20-,21+/m0/s1. The zero-order valence-electron chi connectivity index (χ0n) is 16.9. The van der Waals surface area contributed by atoms with Crippen molar-refractivity contribution < 1.29 is 14.7 Å². The molecule has 0 bridgehead atoms. The van der Waals surface area contributed by atoms with Crippen LogP contribution in [0.25, 0.3) is 0 Å². The smallest absolute Gasteiger partial charge is 0.410 e. The quantitative estimate of drug-likeness (QED) is 0.738. The summed E-state index contributed by atoms with van der Waals surface area (Å²) >= 11 is 0. The number of carbonyl (C=O) groups is 1. The van der Waals surface area contributed by atoms with E-state index in [1.807, 2.05) is 81.4 Å². The van der Waals surface area contributed by atoms with Gasteiger partial charge in [-0.15, -0.1) is 0 Å². The first-order chi connectivity index (χ1) is 13.3. The monoisotopic (exact) mass is 382 g/mol. The van der Waals surface area contributed by atoms with Gasteiger partial charge in [0, 0.05) is 13.1 Å². The van der Waals surface area contributed by atoms with Crippen LogP contribution in [0.5, 0.6) is 0 Å². The van der Waals surface area contributed by atoms with Crippen LogP contribution in [0.1, 0.15) is 50.8 Å². The zero-order chi connectivity index (χ0) is 20.1. The molecule has 3 rings (SSSR count). The lowest BCUT2D eigenvalue weighted by Gasteiger charge is -2.37. The molecule has 1 heterocycles. The molecule has 5 nitrogen and oxygen atoms in total. The molecule has 1 amide bonds. The SMILES string of the molecule is CC(C)(C)OC(=O)N1CCC[C@H]1[C@@H](c1ccccc1)N(O)Cc1ccccc1. The average molecular weight is 383 g/mol. The molecule has 0 aliphatic carbocycles. The van der Waals surface area contributed by atoms with Crippen molar-refractivity contribution in [3.63, 3.8) is 0 Å². The summed E-state index contributed by atoms with van der Waals surface area (Å²) in [7, 11) is 0. The summed E-state index contributed by atoms with van der Waals surface area (Å²) in [6.07, 6.45) is 1.40. The lowest BCUT2D eigenvalue weighted by Crippen LogP contribution is -2.46. The first kappa shape index (κ1) is 20.4. The number of carbonyl (C=O) groups excluding carboxylic acids is 1. The summed E-state index contributed by atoms with van der Waals surface area (Å²) in [5.74, 6) is 0. The van der Waals surface area contributed by atoms with Crippen LogP contribution in [0.4, 0.5) is 4.79 Å². The molecule has 0 unspecified atom stereocenters. The van der Waals surface area contributed by atoms with Crippen molar-refractivity contribution in [1.82, 2.24) is 9.96 Å². The number of nitrogens with zero attached hydrogens (tertiary/aromatic N) is 2. The number of hydrogen-bond acceptors (Lipinski definition) is 4. The van der Waals surface area contributed by atoms with Crippen molar-refractivity contribution in [2.75, 3.05) is 6.54 Å². The highest BCUT2D eigenvalue weighted by atomic mass is 16.6. The predicted octanol–water partition coefficient (Wildman–Crippen LogP) is 5.02. The van der Waals surface area contributed by atoms with Crippen molar-refractivity contribution in [3.05, 3.63) is 71.8 Å². The number of likely N-dealkylation sites (tertiary alicyclic amines) is 1. The van der Waals surface area contributed by atoms with Crippen LogP contribution in [0.15, 0.2) is 60.7 Å². The lowest BCUT2D eigenvalue weighted by molar-refractivity contribution is -0.152. The number of amides is 1. The highest BCUT2D eigenvalue weighted by Gasteiger charge is 2.40. The fourth-order valence-electron chi connectivity index (χ4n) is 3.78. The van der Waals surface area contributed by atoms with Crippen LogP contribution in [0.3, 0.4) is 0 Å². The van der Waals surface area contributed by atoms with Crippen molar-refractivity contribution in [1.29, 1.82) is 0 Å². The molecule has 1 aliphatic heterocycles. The van der Waals surface area contributed by atoms with Gasteiger partial charge < -0.3 is 14.8 Å². The number of benzene rings is 2. The van der Waals surface area contributed by atoms with Crippen molar-refractivity contribution in [2.24, 2.45) is 0 Å². The first-order valence-corrected chi connectivity index (χ1v) is 9.89. The van der Waals surface area contributed by atoms with Gasteiger partial charge in [0.05, 0.1) is 12.1 Å². The maximum absolute atomic E-state index is 12.8. The minimum absolute atomic E-state index is 0.147. The maximum atomic E-state index is 12.8. The summed E-state index contributed by atoms with van der Waals surface area (Å²) < 4.78 is 5.62. The Bertz CT molecular complexity index is 758. The maximum Gasteiger partial charge on any atom is 0.410 e. The summed E-state index contributed by atoms with van der Waals surface area (Å²) in [4.78, 5) is 14.6. The molecule has 0 aromatic heterocycles. The third-order valence-corrected chi connectivity index (χ3v) is 4.94. The van der Waals surface area contributed by atoms with Gasteiger partial charge in [0.15, 0.2) is 0 Å². The van der Waals surface area contributed by atoms with Crippen LogP contribution >= 0.6 is 0 Å². The van der Waals surface area contributed by atoms with E-state index in [2.05, 4.69) is 0 Å². The van der Waals surface area contributed by atoms with Crippen molar-refractivity contribution >= 4 is 6.09 Å². The van der Waals surface area contributed by atoms with Crippen molar-refractivity contribution in [2.45, 2.75) is 57.8 Å². The second-order valence-electron chi connectivity index (χ2n) is 8.32. The molecular weight excluding hydrogens is 352 g/mol. The molecule has 1 N–H and O–H groups in total. The van der Waals surface area contributed by atoms with Gasteiger partial charge in [-0.3, -0.25) is 0 Å². The molecule has 2 aromatic rings. The van der Waals surface area contributed by atoms with E-state index in [0.29, 0.717) is 13.1 Å². The normalized spacial score (nSPS) is 18.3. The van der Waals surface area contributed by atoms with Crippen LogP contribution in [-0.4, -0.2) is 39.5 Å². The summed E-state index contributed by atoms with van der Waals surface area (Å²) in [6, 6.07) is 19.3. The summed E-state index contributed by atoms with van der Waals surface area (Å²) in [5, 5.41) is 12.4. The molecule has 1 saturated heterocycles. The summed E-state index contributed by atoms with van der Waals surface area (Å²) in [5.41, 5.74) is 1.46. The van der Waals surface area contributed by atoms with Gasteiger partial charge in [-0.05, 0) is 44.7 Å². The Hall–Kier alpha value is -2.37. The molecule has 0 radical (unpaired) electrons. The predicted molar refractivity (Wildman–Crippen MR) is 109 cm³/mol. The molecule has 28 heavy (non-hydrogen) atoms. The van der Waals surface area contributed by atoms with E-state index in [0.717, 1.165) is 24.0 Å². The lowest BCUT2D eigenvalue weighted by atomic mass is 9.96. The van der Waals surface area contributed by atoms with E-state index in [-0.39, 0.29) is 18.2 Å². The minimum Gasteiger partial charge on any atom is -0.444 e. The molecule has 150 valence electrons. The van der Waals surface area contributed by atoms with Crippen LogP contribution < -0.4 is 0 Å². The highest BCUT2D eigenvalue weighted by molar-refractivity contribution is 5.69. The van der Waals surface area contributed by atoms with Gasteiger partial charge in [0.1, 0.15) is 5.60 Å². The van der Waals surface area contributed by atoms with E-state index in [9.17, 15) is 10.0 Å². The highest BCUT2D eigenvalue weighted by Crippen LogP contribution is 2.35. The Morgan fingerprint density at radius 3 is 2.36 bits per heavy atom. The van der Waals surface area contributed by atoms with Crippen molar-refractivity contribution in [3.8, 4) is 0 Å². The van der Waals surface area contributed by atoms with Crippen LogP contribution in [-0.2, 0) is 11.3 Å². The third kappa shape index (κ3) is 5.12. The van der Waals surface area contributed by atoms with E-state index < -0.39 is 5.60 Å².